The van der Waals surface area contributed by atoms with Gasteiger partial charge in [0.25, 0.3) is 0 Å². The maximum atomic E-state index is 12.3. The highest BCUT2D eigenvalue weighted by molar-refractivity contribution is 5.85. The van der Waals surface area contributed by atoms with Gasteiger partial charge in [0.05, 0.1) is 5.69 Å². The van der Waals surface area contributed by atoms with Crippen LogP contribution in [0.1, 0.15) is 24.2 Å². The summed E-state index contributed by atoms with van der Waals surface area (Å²) in [6.07, 6.45) is -2.92. The van der Waals surface area contributed by atoms with Crippen LogP contribution in [0, 0.1) is 0 Å². The maximum Gasteiger partial charge on any atom is 0.435 e. The van der Waals surface area contributed by atoms with Crippen molar-refractivity contribution in [1.29, 1.82) is 0 Å². The first-order valence-electron chi connectivity index (χ1n) is 5.37. The first-order chi connectivity index (χ1) is 7.95. The fourth-order valence-corrected chi connectivity index (χ4v) is 1.39. The number of hydrogen-bond donors (Lipinski definition) is 2. The van der Waals surface area contributed by atoms with Crippen LogP contribution in [-0.4, -0.2) is 28.0 Å². The van der Waals surface area contributed by atoms with E-state index in [1.165, 1.54) is 11.7 Å². The molecule has 0 aliphatic heterocycles. The zero-order valence-corrected chi connectivity index (χ0v) is 10.8. The number of halogens is 4. The summed E-state index contributed by atoms with van der Waals surface area (Å²) in [4.78, 5) is 0. The van der Waals surface area contributed by atoms with Crippen LogP contribution in [0.15, 0.2) is 6.07 Å². The van der Waals surface area contributed by atoms with Gasteiger partial charge < -0.3 is 10.4 Å². The van der Waals surface area contributed by atoms with Gasteiger partial charge in [-0.3, -0.25) is 4.68 Å². The van der Waals surface area contributed by atoms with E-state index in [4.69, 9.17) is 5.11 Å². The molecule has 0 saturated carbocycles. The monoisotopic (exact) mass is 287 g/mol. The Hall–Kier alpha value is -0.790. The molecule has 4 nitrogen and oxygen atoms in total. The third kappa shape index (κ3) is 5.24. The van der Waals surface area contributed by atoms with Crippen molar-refractivity contribution in [3.05, 3.63) is 17.5 Å². The van der Waals surface area contributed by atoms with Crippen molar-refractivity contribution < 1.29 is 18.3 Å². The number of alkyl halides is 3. The van der Waals surface area contributed by atoms with Crippen LogP contribution >= 0.6 is 12.4 Å². The van der Waals surface area contributed by atoms with Gasteiger partial charge in [-0.25, -0.2) is 0 Å². The third-order valence-electron chi connectivity index (χ3n) is 2.33. The van der Waals surface area contributed by atoms with Crippen LogP contribution in [0.2, 0.25) is 0 Å². The van der Waals surface area contributed by atoms with Crippen LogP contribution in [0.5, 0.6) is 0 Å². The Morgan fingerprint density at radius 3 is 2.56 bits per heavy atom. The molecule has 8 heteroatoms. The lowest BCUT2D eigenvalue weighted by molar-refractivity contribution is -0.141. The predicted octanol–water partition coefficient (Wildman–Crippen LogP) is 1.72. The molecule has 1 aromatic rings. The van der Waals surface area contributed by atoms with Gasteiger partial charge in [-0.2, -0.15) is 18.3 Å². The summed E-state index contributed by atoms with van der Waals surface area (Å²) in [5, 5.41) is 15.0. The molecular weight excluding hydrogens is 271 g/mol. The summed E-state index contributed by atoms with van der Waals surface area (Å²) in [6.45, 7) is 1.13. The average molecular weight is 288 g/mol. The lowest BCUT2D eigenvalue weighted by Gasteiger charge is -2.03. The van der Waals surface area contributed by atoms with E-state index in [0.717, 1.165) is 12.5 Å². The van der Waals surface area contributed by atoms with Crippen molar-refractivity contribution in [3.63, 3.8) is 0 Å². The Morgan fingerprint density at radius 1 is 1.39 bits per heavy atom. The largest absolute Gasteiger partial charge is 0.435 e. The number of aliphatic hydroxyl groups excluding tert-OH is 1. The molecule has 1 heterocycles. The summed E-state index contributed by atoms with van der Waals surface area (Å²) >= 11 is 0. The zero-order valence-electron chi connectivity index (χ0n) is 10.00. The molecule has 0 aliphatic rings. The Kier molecular flexibility index (Phi) is 7.27. The SMILES string of the molecule is Cl.Cn1nc(C(F)(F)F)cc1CNCCCCO. The van der Waals surface area contributed by atoms with Crippen LogP contribution in [-0.2, 0) is 19.8 Å². The molecule has 1 aromatic heterocycles. The molecule has 0 fully saturated rings. The number of nitrogens with zero attached hydrogens (tertiary/aromatic N) is 2. The number of aliphatic hydroxyl groups is 1. The smallest absolute Gasteiger partial charge is 0.396 e. The second-order valence-electron chi connectivity index (χ2n) is 3.75. The molecular formula is C10H17ClF3N3O. The van der Waals surface area contributed by atoms with E-state index < -0.39 is 11.9 Å². The van der Waals surface area contributed by atoms with Crippen molar-refractivity contribution in [3.8, 4) is 0 Å². The van der Waals surface area contributed by atoms with Crippen LogP contribution < -0.4 is 5.32 Å². The number of aryl methyl sites for hydroxylation is 1. The van der Waals surface area contributed by atoms with Crippen molar-refractivity contribution >= 4 is 12.4 Å². The van der Waals surface area contributed by atoms with Crippen molar-refractivity contribution in [2.45, 2.75) is 25.6 Å². The minimum absolute atomic E-state index is 0. The van der Waals surface area contributed by atoms with Crippen molar-refractivity contribution in [2.24, 2.45) is 7.05 Å². The van der Waals surface area contributed by atoms with Gasteiger partial charge in [-0.05, 0) is 25.5 Å². The van der Waals surface area contributed by atoms with E-state index in [-0.39, 0.29) is 19.0 Å². The number of unbranched alkanes of at least 4 members (excludes halogenated alkanes) is 1. The molecule has 106 valence electrons. The summed E-state index contributed by atoms with van der Waals surface area (Å²) < 4.78 is 38.3. The van der Waals surface area contributed by atoms with Crippen LogP contribution in [0.3, 0.4) is 0 Å². The molecule has 0 amide bonds. The van der Waals surface area contributed by atoms with E-state index in [9.17, 15) is 13.2 Å². The van der Waals surface area contributed by atoms with Gasteiger partial charge in [0.2, 0.25) is 0 Å². The molecule has 0 unspecified atom stereocenters. The minimum Gasteiger partial charge on any atom is -0.396 e. The highest BCUT2D eigenvalue weighted by Gasteiger charge is 2.34. The van der Waals surface area contributed by atoms with Gasteiger partial charge in [0.1, 0.15) is 0 Å². The summed E-state index contributed by atoms with van der Waals surface area (Å²) in [7, 11) is 1.49. The van der Waals surface area contributed by atoms with E-state index in [1.807, 2.05) is 0 Å². The third-order valence-corrected chi connectivity index (χ3v) is 2.33. The molecule has 0 aliphatic carbocycles. The van der Waals surface area contributed by atoms with E-state index in [2.05, 4.69) is 10.4 Å². The number of aromatic nitrogens is 2. The molecule has 18 heavy (non-hydrogen) atoms. The number of hydrogen-bond acceptors (Lipinski definition) is 3. The summed E-state index contributed by atoms with van der Waals surface area (Å²) in [6, 6.07) is 1.04. The Bertz CT molecular complexity index is 355. The number of rotatable bonds is 6. The Labute approximate surface area is 110 Å². The van der Waals surface area contributed by atoms with Gasteiger partial charge in [0, 0.05) is 20.2 Å². The summed E-state index contributed by atoms with van der Waals surface area (Å²) in [5.74, 6) is 0. The quantitative estimate of drug-likeness (QED) is 0.784. The summed E-state index contributed by atoms with van der Waals surface area (Å²) in [5.41, 5.74) is -0.381. The second kappa shape index (κ2) is 7.60. The molecule has 0 atom stereocenters. The van der Waals surface area contributed by atoms with Crippen LogP contribution in [0.25, 0.3) is 0 Å². The molecule has 2 N–H and O–H groups in total. The van der Waals surface area contributed by atoms with Crippen LogP contribution in [0.4, 0.5) is 13.2 Å². The molecule has 0 bridgehead atoms. The first kappa shape index (κ1) is 17.2. The predicted molar refractivity (Wildman–Crippen MR) is 63.5 cm³/mol. The first-order valence-corrected chi connectivity index (χ1v) is 5.37. The number of nitrogens with one attached hydrogen (secondary N) is 1. The lowest BCUT2D eigenvalue weighted by atomic mass is 10.3. The molecule has 0 spiro atoms. The average Bonchev–Trinajstić information content (AvgIpc) is 2.60. The van der Waals surface area contributed by atoms with Crippen molar-refractivity contribution in [2.75, 3.05) is 13.2 Å². The molecule has 0 aromatic carbocycles. The lowest BCUT2D eigenvalue weighted by Crippen LogP contribution is -2.17. The normalized spacial score (nSPS) is 11.4. The molecule has 1 rings (SSSR count). The van der Waals surface area contributed by atoms with Gasteiger partial charge >= 0.3 is 6.18 Å². The fourth-order valence-electron chi connectivity index (χ4n) is 1.39. The van der Waals surface area contributed by atoms with E-state index in [1.54, 1.807) is 0 Å². The minimum atomic E-state index is -4.40. The fraction of sp³-hybridized carbons (Fsp3) is 0.700. The van der Waals surface area contributed by atoms with E-state index >= 15 is 0 Å². The topological polar surface area (TPSA) is 50.1 Å². The second-order valence-corrected chi connectivity index (χ2v) is 3.75. The Balaban J connectivity index is 0.00000289. The molecule has 0 radical (unpaired) electrons. The van der Waals surface area contributed by atoms with Crippen molar-refractivity contribution in [1.82, 2.24) is 15.1 Å². The highest BCUT2D eigenvalue weighted by atomic mass is 35.5. The molecule has 0 saturated heterocycles. The highest BCUT2D eigenvalue weighted by Crippen LogP contribution is 2.28. The van der Waals surface area contributed by atoms with Gasteiger partial charge in [0.15, 0.2) is 5.69 Å². The maximum absolute atomic E-state index is 12.3. The standard InChI is InChI=1S/C10H16F3N3O.ClH/c1-16-8(7-14-4-2-3-5-17)6-9(15-16)10(11,12)13;/h6,14,17H,2-5,7H2,1H3;1H. The van der Waals surface area contributed by atoms with Gasteiger partial charge in [-0.1, -0.05) is 0 Å². The Morgan fingerprint density at radius 2 is 2.06 bits per heavy atom. The van der Waals surface area contributed by atoms with E-state index in [0.29, 0.717) is 25.2 Å². The zero-order chi connectivity index (χ0) is 12.9. The van der Waals surface area contributed by atoms with Gasteiger partial charge in [-0.15, -0.1) is 12.4 Å².